The van der Waals surface area contributed by atoms with Gasteiger partial charge in [-0.05, 0) is 25.0 Å². The predicted molar refractivity (Wildman–Crippen MR) is 88.7 cm³/mol. The maximum Gasteiger partial charge on any atom is 0.324 e. The molecule has 1 N–H and O–H groups in total. The van der Waals surface area contributed by atoms with Gasteiger partial charge in [0.1, 0.15) is 22.6 Å². The van der Waals surface area contributed by atoms with Crippen molar-refractivity contribution in [1.82, 2.24) is 15.1 Å². The Morgan fingerprint density at radius 3 is 2.12 bits per heavy atom. The largest absolute Gasteiger partial charge is 0.496 e. The highest BCUT2D eigenvalue weighted by Gasteiger charge is 2.51. The maximum absolute atomic E-state index is 13.0. The number of hydrogen-bond donors (Lipinski definition) is 1. The van der Waals surface area contributed by atoms with Gasteiger partial charge in [-0.3, -0.25) is 14.5 Å². The molecule has 0 aromatic heterocycles. The number of benzene rings is 1. The first-order chi connectivity index (χ1) is 11.9. The van der Waals surface area contributed by atoms with Gasteiger partial charge in [-0.1, -0.05) is 6.07 Å². The van der Waals surface area contributed by atoms with E-state index < -0.39 is 11.6 Å². The zero-order valence-corrected chi connectivity index (χ0v) is 14.5. The zero-order chi connectivity index (χ0) is 18.2. The van der Waals surface area contributed by atoms with Crippen LogP contribution in [0.4, 0.5) is 4.79 Å². The van der Waals surface area contributed by atoms with Crippen LogP contribution in [-0.2, 0) is 4.79 Å². The Labute approximate surface area is 145 Å². The monoisotopic (exact) mass is 347 g/mol. The van der Waals surface area contributed by atoms with E-state index in [4.69, 9.17) is 9.47 Å². The molecule has 0 saturated carbocycles. The van der Waals surface area contributed by atoms with Crippen LogP contribution >= 0.6 is 0 Å². The lowest BCUT2D eigenvalue weighted by atomic mass is 9.87. The molecule has 8 heteroatoms. The fourth-order valence-electron chi connectivity index (χ4n) is 3.41. The standard InChI is InChI=1S/C17H21N3O5/c1-19-15(22)17(18-16(19)23)7-9-20(10-8-17)14(21)13-11(24-2)5-4-6-12(13)25-3/h4-6H,7-10H2,1-3H3,(H,18,23). The third kappa shape index (κ3) is 2.67. The number of carbonyl (C=O) groups excluding carboxylic acids is 3. The first-order valence-corrected chi connectivity index (χ1v) is 8.04. The van der Waals surface area contributed by atoms with Crippen molar-refractivity contribution in [2.24, 2.45) is 0 Å². The molecule has 2 aliphatic heterocycles. The molecule has 134 valence electrons. The van der Waals surface area contributed by atoms with Crippen molar-refractivity contribution in [3.8, 4) is 11.5 Å². The lowest BCUT2D eigenvalue weighted by Crippen LogP contribution is -2.55. The molecule has 3 rings (SSSR count). The summed E-state index contributed by atoms with van der Waals surface area (Å²) in [5.74, 6) is 0.429. The van der Waals surface area contributed by atoms with Crippen molar-refractivity contribution in [3.63, 3.8) is 0 Å². The fraction of sp³-hybridized carbons (Fsp3) is 0.471. The molecule has 0 radical (unpaired) electrons. The van der Waals surface area contributed by atoms with E-state index in [1.807, 2.05) is 0 Å². The number of carbonyl (C=O) groups is 3. The Hall–Kier alpha value is -2.77. The highest BCUT2D eigenvalue weighted by Crippen LogP contribution is 2.33. The number of amides is 4. The van der Waals surface area contributed by atoms with E-state index in [1.165, 1.54) is 21.3 Å². The molecule has 2 saturated heterocycles. The van der Waals surface area contributed by atoms with Gasteiger partial charge >= 0.3 is 6.03 Å². The van der Waals surface area contributed by atoms with E-state index in [9.17, 15) is 14.4 Å². The summed E-state index contributed by atoms with van der Waals surface area (Å²) in [4.78, 5) is 39.8. The number of nitrogens with one attached hydrogen (secondary N) is 1. The van der Waals surface area contributed by atoms with Crippen molar-refractivity contribution < 1.29 is 23.9 Å². The van der Waals surface area contributed by atoms with Gasteiger partial charge in [0, 0.05) is 20.1 Å². The minimum absolute atomic E-state index is 0.214. The third-order valence-corrected chi connectivity index (χ3v) is 4.91. The summed E-state index contributed by atoms with van der Waals surface area (Å²) in [5.41, 5.74) is -0.532. The Bertz CT molecular complexity index is 703. The number of likely N-dealkylation sites (tertiary alicyclic amines) is 1. The van der Waals surface area contributed by atoms with Gasteiger partial charge in [-0.2, -0.15) is 0 Å². The average Bonchev–Trinajstić information content (AvgIpc) is 2.84. The van der Waals surface area contributed by atoms with E-state index in [2.05, 4.69) is 5.32 Å². The number of rotatable bonds is 3. The molecule has 8 nitrogen and oxygen atoms in total. The number of imide groups is 1. The van der Waals surface area contributed by atoms with E-state index in [1.54, 1.807) is 23.1 Å². The Balaban J connectivity index is 1.79. The number of urea groups is 1. The lowest BCUT2D eigenvalue weighted by Gasteiger charge is -2.37. The molecule has 1 aromatic rings. The van der Waals surface area contributed by atoms with Crippen LogP contribution in [-0.4, -0.2) is 67.5 Å². The van der Waals surface area contributed by atoms with Crippen molar-refractivity contribution >= 4 is 17.8 Å². The molecule has 0 unspecified atom stereocenters. The van der Waals surface area contributed by atoms with Crippen molar-refractivity contribution in [2.75, 3.05) is 34.4 Å². The first kappa shape index (κ1) is 17.1. The second-order valence-corrected chi connectivity index (χ2v) is 6.21. The van der Waals surface area contributed by atoms with Crippen LogP contribution in [0.5, 0.6) is 11.5 Å². The molecule has 0 bridgehead atoms. The molecule has 2 fully saturated rings. The highest BCUT2D eigenvalue weighted by molar-refractivity contribution is 6.07. The maximum atomic E-state index is 13.0. The predicted octanol–water partition coefficient (Wildman–Crippen LogP) is 0.860. The van der Waals surface area contributed by atoms with Gasteiger partial charge in [0.2, 0.25) is 0 Å². The summed E-state index contributed by atoms with van der Waals surface area (Å²) in [6.07, 6.45) is 0.760. The minimum atomic E-state index is -0.895. The number of methoxy groups -OCH3 is 2. The molecule has 25 heavy (non-hydrogen) atoms. The summed E-state index contributed by atoms with van der Waals surface area (Å²) in [6, 6.07) is 4.77. The molecule has 0 atom stereocenters. The van der Waals surface area contributed by atoms with Crippen LogP contribution in [0.2, 0.25) is 0 Å². The van der Waals surface area contributed by atoms with Crippen molar-refractivity contribution in [2.45, 2.75) is 18.4 Å². The van der Waals surface area contributed by atoms with E-state index in [0.29, 0.717) is 43.0 Å². The van der Waals surface area contributed by atoms with Crippen LogP contribution < -0.4 is 14.8 Å². The summed E-state index contributed by atoms with van der Waals surface area (Å²) in [5, 5.41) is 2.76. The molecular formula is C17H21N3O5. The Kier molecular flexibility index (Phi) is 4.28. The summed E-state index contributed by atoms with van der Waals surface area (Å²) in [6.45, 7) is 0.722. The number of nitrogens with zero attached hydrogens (tertiary/aromatic N) is 2. The van der Waals surface area contributed by atoms with Gasteiger partial charge < -0.3 is 19.7 Å². The second kappa shape index (κ2) is 6.27. The van der Waals surface area contributed by atoms with Gasteiger partial charge in [0.05, 0.1) is 14.2 Å². The molecule has 1 spiro atoms. The highest BCUT2D eigenvalue weighted by atomic mass is 16.5. The van der Waals surface area contributed by atoms with Crippen molar-refractivity contribution in [1.29, 1.82) is 0 Å². The molecule has 2 heterocycles. The molecular weight excluding hydrogens is 326 g/mol. The van der Waals surface area contributed by atoms with E-state index in [-0.39, 0.29) is 11.8 Å². The number of ether oxygens (including phenoxy) is 2. The summed E-state index contributed by atoms with van der Waals surface area (Å²) >= 11 is 0. The zero-order valence-electron chi connectivity index (χ0n) is 14.5. The van der Waals surface area contributed by atoms with E-state index in [0.717, 1.165) is 4.90 Å². The van der Waals surface area contributed by atoms with Gasteiger partial charge in [-0.25, -0.2) is 4.79 Å². The SMILES string of the molecule is COc1cccc(OC)c1C(=O)N1CCC2(CC1)NC(=O)N(C)C2=O. The molecule has 1 aromatic carbocycles. The molecule has 2 aliphatic rings. The van der Waals surface area contributed by atoms with Gasteiger partial charge in [0.25, 0.3) is 11.8 Å². The van der Waals surface area contributed by atoms with Crippen molar-refractivity contribution in [3.05, 3.63) is 23.8 Å². The topological polar surface area (TPSA) is 88.2 Å². The number of piperidine rings is 1. The smallest absolute Gasteiger partial charge is 0.324 e. The summed E-state index contributed by atoms with van der Waals surface area (Å²) in [7, 11) is 4.46. The molecule has 4 amide bonds. The van der Waals surface area contributed by atoms with E-state index >= 15 is 0 Å². The number of hydrogen-bond acceptors (Lipinski definition) is 5. The Morgan fingerprint density at radius 2 is 1.68 bits per heavy atom. The normalized spacial score (nSPS) is 19.2. The van der Waals surface area contributed by atoms with Gasteiger partial charge in [0.15, 0.2) is 0 Å². The van der Waals surface area contributed by atoms with Crippen LogP contribution in [0.15, 0.2) is 18.2 Å². The average molecular weight is 347 g/mol. The second-order valence-electron chi connectivity index (χ2n) is 6.21. The van der Waals surface area contributed by atoms with Gasteiger partial charge in [-0.15, -0.1) is 0 Å². The first-order valence-electron chi connectivity index (χ1n) is 8.04. The minimum Gasteiger partial charge on any atom is -0.496 e. The molecule has 0 aliphatic carbocycles. The van der Waals surface area contributed by atoms with Crippen LogP contribution in [0.1, 0.15) is 23.2 Å². The lowest BCUT2D eigenvalue weighted by molar-refractivity contribution is -0.131. The quantitative estimate of drug-likeness (QED) is 0.820. The Morgan fingerprint density at radius 1 is 1.12 bits per heavy atom. The number of likely N-dealkylation sites (N-methyl/N-ethyl adjacent to an activating group) is 1. The third-order valence-electron chi connectivity index (χ3n) is 4.91. The fourth-order valence-corrected chi connectivity index (χ4v) is 3.41. The summed E-state index contributed by atoms with van der Waals surface area (Å²) < 4.78 is 10.6. The van der Waals surface area contributed by atoms with Crippen LogP contribution in [0.25, 0.3) is 0 Å². The van der Waals surface area contributed by atoms with Crippen LogP contribution in [0.3, 0.4) is 0 Å². The van der Waals surface area contributed by atoms with Crippen LogP contribution in [0, 0.1) is 0 Å².